The van der Waals surface area contributed by atoms with Crippen molar-refractivity contribution in [2.24, 2.45) is 11.8 Å². The highest BCUT2D eigenvalue weighted by Crippen LogP contribution is 2.29. The lowest BCUT2D eigenvalue weighted by Gasteiger charge is -2.34. The molecular weight excluding hydrogens is 316 g/mol. The quantitative estimate of drug-likeness (QED) is 0.755. The van der Waals surface area contributed by atoms with Crippen LogP contribution < -0.4 is 0 Å². The molecule has 0 N–H and O–H groups in total. The average molecular weight is 342 g/mol. The van der Waals surface area contributed by atoms with Crippen LogP contribution in [0.3, 0.4) is 0 Å². The summed E-state index contributed by atoms with van der Waals surface area (Å²) >= 11 is 0. The molecule has 0 aromatic rings. The monoisotopic (exact) mass is 342 g/mol. The van der Waals surface area contributed by atoms with Crippen molar-refractivity contribution in [3.63, 3.8) is 0 Å². The number of nitrogens with zero attached hydrogens (tertiary/aromatic N) is 2. The molecule has 3 aliphatic rings. The van der Waals surface area contributed by atoms with Gasteiger partial charge in [-0.1, -0.05) is 13.3 Å². The maximum absolute atomic E-state index is 12.7. The van der Waals surface area contributed by atoms with Crippen LogP contribution in [0.1, 0.15) is 39.0 Å². The molecule has 23 heavy (non-hydrogen) atoms. The summed E-state index contributed by atoms with van der Waals surface area (Å²) in [4.78, 5) is 28.5. The van der Waals surface area contributed by atoms with Crippen LogP contribution in [-0.2, 0) is 19.4 Å². The van der Waals surface area contributed by atoms with E-state index >= 15 is 0 Å². The molecular formula is C16H26N2O4S. The smallest absolute Gasteiger partial charge is 0.228 e. The van der Waals surface area contributed by atoms with Crippen LogP contribution >= 0.6 is 0 Å². The normalized spacial score (nSPS) is 34.1. The highest BCUT2D eigenvalue weighted by atomic mass is 32.2. The molecule has 2 amide bonds. The Bertz CT molecular complexity index is 589. The van der Waals surface area contributed by atoms with Gasteiger partial charge in [-0.3, -0.25) is 9.59 Å². The van der Waals surface area contributed by atoms with Crippen molar-refractivity contribution >= 4 is 21.7 Å². The molecule has 3 aliphatic heterocycles. The van der Waals surface area contributed by atoms with Gasteiger partial charge in [-0.15, -0.1) is 0 Å². The van der Waals surface area contributed by atoms with Crippen LogP contribution in [0, 0.1) is 11.8 Å². The molecule has 3 fully saturated rings. The molecule has 0 bridgehead atoms. The number of carbonyl (C=O) groups excluding carboxylic acids is 2. The molecule has 0 aromatic carbocycles. The van der Waals surface area contributed by atoms with E-state index in [2.05, 4.69) is 6.92 Å². The lowest BCUT2D eigenvalue weighted by Crippen LogP contribution is -2.44. The van der Waals surface area contributed by atoms with E-state index in [0.717, 1.165) is 25.9 Å². The van der Waals surface area contributed by atoms with E-state index in [9.17, 15) is 18.0 Å². The van der Waals surface area contributed by atoms with Crippen LogP contribution in [0.25, 0.3) is 0 Å². The van der Waals surface area contributed by atoms with E-state index in [4.69, 9.17) is 0 Å². The Morgan fingerprint density at radius 1 is 1.26 bits per heavy atom. The maximum Gasteiger partial charge on any atom is 0.228 e. The summed E-state index contributed by atoms with van der Waals surface area (Å²) in [6.07, 6.45) is 4.05. The highest BCUT2D eigenvalue weighted by molar-refractivity contribution is 7.91. The third-order valence-electron chi connectivity index (χ3n) is 5.56. The zero-order valence-electron chi connectivity index (χ0n) is 13.7. The second-order valence-corrected chi connectivity index (χ2v) is 9.43. The summed E-state index contributed by atoms with van der Waals surface area (Å²) in [5.74, 6) is 0.516. The fourth-order valence-electron chi connectivity index (χ4n) is 4.13. The number of amides is 2. The third kappa shape index (κ3) is 3.54. The zero-order chi connectivity index (χ0) is 16.6. The first-order chi connectivity index (χ1) is 10.9. The van der Waals surface area contributed by atoms with Gasteiger partial charge < -0.3 is 9.80 Å². The summed E-state index contributed by atoms with van der Waals surface area (Å²) in [7, 11) is -3.01. The lowest BCUT2D eigenvalue weighted by atomic mass is 9.94. The molecule has 3 atom stereocenters. The minimum absolute atomic E-state index is 0.0568. The number of likely N-dealkylation sites (tertiary alicyclic amines) is 2. The Morgan fingerprint density at radius 3 is 2.70 bits per heavy atom. The van der Waals surface area contributed by atoms with Gasteiger partial charge in [0.2, 0.25) is 11.8 Å². The predicted molar refractivity (Wildman–Crippen MR) is 86.5 cm³/mol. The van der Waals surface area contributed by atoms with Gasteiger partial charge in [0.25, 0.3) is 0 Å². The zero-order valence-corrected chi connectivity index (χ0v) is 14.6. The summed E-state index contributed by atoms with van der Waals surface area (Å²) in [6.45, 7) is 4.14. The minimum Gasteiger partial charge on any atom is -0.342 e. The van der Waals surface area contributed by atoms with Crippen molar-refractivity contribution in [2.45, 2.75) is 45.1 Å². The van der Waals surface area contributed by atoms with Crippen LogP contribution in [-0.4, -0.2) is 67.2 Å². The molecule has 3 heterocycles. The highest BCUT2D eigenvalue weighted by Gasteiger charge is 2.43. The van der Waals surface area contributed by atoms with Crippen molar-refractivity contribution in [3.8, 4) is 0 Å². The fourth-order valence-corrected chi connectivity index (χ4v) is 5.86. The molecule has 0 aromatic heterocycles. The van der Waals surface area contributed by atoms with Gasteiger partial charge in [0.15, 0.2) is 9.84 Å². The Labute approximate surface area is 138 Å². The maximum atomic E-state index is 12.7. The molecule has 3 unspecified atom stereocenters. The topological polar surface area (TPSA) is 74.8 Å². The van der Waals surface area contributed by atoms with Crippen molar-refractivity contribution in [1.29, 1.82) is 0 Å². The number of sulfone groups is 1. The Morgan fingerprint density at radius 2 is 2.04 bits per heavy atom. The molecule has 3 rings (SSSR count). The van der Waals surface area contributed by atoms with E-state index in [1.54, 1.807) is 4.90 Å². The van der Waals surface area contributed by atoms with Gasteiger partial charge >= 0.3 is 0 Å². The average Bonchev–Trinajstić information content (AvgIpc) is 3.09. The van der Waals surface area contributed by atoms with Gasteiger partial charge in [-0.2, -0.15) is 0 Å². The fraction of sp³-hybridized carbons (Fsp3) is 0.875. The SMILES string of the molecule is CCC1CCCN(C(=O)C2CC(=O)N(C3CCS(=O)(=O)C3)C2)C1. The first-order valence-electron chi connectivity index (χ1n) is 8.68. The first kappa shape index (κ1) is 16.7. The number of piperidine rings is 1. The second-order valence-electron chi connectivity index (χ2n) is 7.20. The predicted octanol–water partition coefficient (Wildman–Crippen LogP) is 0.671. The summed E-state index contributed by atoms with van der Waals surface area (Å²) in [5.41, 5.74) is 0. The van der Waals surface area contributed by atoms with Crippen molar-refractivity contribution < 1.29 is 18.0 Å². The molecule has 7 heteroatoms. The van der Waals surface area contributed by atoms with Gasteiger partial charge in [0, 0.05) is 32.1 Å². The molecule has 0 radical (unpaired) electrons. The Kier molecular flexibility index (Phi) is 4.67. The van der Waals surface area contributed by atoms with Gasteiger partial charge in [-0.25, -0.2) is 8.42 Å². The number of carbonyl (C=O) groups is 2. The molecule has 130 valence electrons. The summed E-state index contributed by atoms with van der Waals surface area (Å²) in [6, 6.07) is -0.227. The Balaban J connectivity index is 1.62. The summed E-state index contributed by atoms with van der Waals surface area (Å²) in [5, 5.41) is 0. The second kappa shape index (κ2) is 6.42. The lowest BCUT2D eigenvalue weighted by molar-refractivity contribution is -0.137. The van der Waals surface area contributed by atoms with Gasteiger partial charge in [-0.05, 0) is 25.2 Å². The van der Waals surface area contributed by atoms with Crippen molar-refractivity contribution in [3.05, 3.63) is 0 Å². The number of hydrogen-bond acceptors (Lipinski definition) is 4. The number of hydrogen-bond donors (Lipinski definition) is 0. The molecule has 6 nitrogen and oxygen atoms in total. The largest absolute Gasteiger partial charge is 0.342 e. The van der Waals surface area contributed by atoms with E-state index in [1.807, 2.05) is 4.90 Å². The molecule has 0 spiro atoms. The van der Waals surface area contributed by atoms with Crippen molar-refractivity contribution in [1.82, 2.24) is 9.80 Å². The number of rotatable bonds is 3. The van der Waals surface area contributed by atoms with Gasteiger partial charge in [0.05, 0.1) is 17.4 Å². The van der Waals surface area contributed by atoms with E-state index in [1.165, 1.54) is 6.42 Å². The summed E-state index contributed by atoms with van der Waals surface area (Å²) < 4.78 is 23.2. The molecule has 0 aliphatic carbocycles. The van der Waals surface area contributed by atoms with Crippen LogP contribution in [0.4, 0.5) is 0 Å². The van der Waals surface area contributed by atoms with E-state index < -0.39 is 9.84 Å². The van der Waals surface area contributed by atoms with E-state index in [-0.39, 0.29) is 41.7 Å². The van der Waals surface area contributed by atoms with Crippen LogP contribution in [0.15, 0.2) is 0 Å². The molecule has 0 saturated carbocycles. The Hall–Kier alpha value is -1.11. The minimum atomic E-state index is -3.01. The van der Waals surface area contributed by atoms with Crippen LogP contribution in [0.2, 0.25) is 0 Å². The molecule has 3 saturated heterocycles. The van der Waals surface area contributed by atoms with Crippen molar-refractivity contribution in [2.75, 3.05) is 31.1 Å². The standard InChI is InChI=1S/C16H26N2O4S/c1-2-12-4-3-6-17(9-12)16(20)13-8-15(19)18(10-13)14-5-7-23(21,22)11-14/h12-14H,2-11H2,1H3. The van der Waals surface area contributed by atoms with Gasteiger partial charge in [0.1, 0.15) is 0 Å². The van der Waals surface area contributed by atoms with Crippen LogP contribution in [0.5, 0.6) is 0 Å². The third-order valence-corrected chi connectivity index (χ3v) is 7.32. The first-order valence-corrected chi connectivity index (χ1v) is 10.5. The van der Waals surface area contributed by atoms with E-state index in [0.29, 0.717) is 18.9 Å².